The Balaban J connectivity index is 1.76. The van der Waals surface area contributed by atoms with Crippen molar-refractivity contribution >= 4 is 0 Å². The van der Waals surface area contributed by atoms with E-state index in [0.717, 1.165) is 13.0 Å². The molecule has 0 bridgehead atoms. The van der Waals surface area contributed by atoms with Crippen molar-refractivity contribution in [1.82, 2.24) is 0 Å². The Labute approximate surface area is 103 Å². The summed E-state index contributed by atoms with van der Waals surface area (Å²) in [7, 11) is 0. The molecule has 2 atom stereocenters. The Morgan fingerprint density at radius 3 is 2.82 bits per heavy atom. The molecular weight excluding hydrogens is 208 g/mol. The Morgan fingerprint density at radius 2 is 2.06 bits per heavy atom. The molecule has 0 amide bonds. The van der Waals surface area contributed by atoms with Crippen LogP contribution in [0.3, 0.4) is 0 Å². The van der Waals surface area contributed by atoms with E-state index in [-0.39, 0.29) is 5.60 Å². The largest absolute Gasteiger partial charge is 0.374 e. The van der Waals surface area contributed by atoms with Crippen molar-refractivity contribution in [3.8, 4) is 0 Å². The molecule has 1 heterocycles. The Bertz CT molecular complexity index is 395. The zero-order valence-electron chi connectivity index (χ0n) is 10.3. The molecule has 1 nitrogen and oxygen atoms in total. The minimum Gasteiger partial charge on any atom is -0.374 e. The second kappa shape index (κ2) is 4.66. The van der Waals surface area contributed by atoms with E-state index in [2.05, 4.69) is 42.5 Å². The van der Waals surface area contributed by atoms with Crippen molar-refractivity contribution in [1.29, 1.82) is 0 Å². The molecule has 1 aliphatic carbocycles. The van der Waals surface area contributed by atoms with Crippen LogP contribution in [0, 0.1) is 5.92 Å². The van der Waals surface area contributed by atoms with Crippen LogP contribution in [0.25, 0.3) is 0 Å². The summed E-state index contributed by atoms with van der Waals surface area (Å²) in [4.78, 5) is 0. The van der Waals surface area contributed by atoms with E-state index in [1.54, 1.807) is 0 Å². The number of ether oxygens (including phenoxy) is 1. The van der Waals surface area contributed by atoms with Crippen LogP contribution in [0.2, 0.25) is 0 Å². The van der Waals surface area contributed by atoms with Crippen molar-refractivity contribution in [2.45, 2.75) is 37.7 Å². The van der Waals surface area contributed by atoms with Gasteiger partial charge >= 0.3 is 0 Å². The molecule has 90 valence electrons. The zero-order valence-corrected chi connectivity index (χ0v) is 10.3. The van der Waals surface area contributed by atoms with Crippen molar-refractivity contribution in [3.05, 3.63) is 48.0 Å². The fourth-order valence-corrected chi connectivity index (χ4v) is 3.30. The molecule has 0 N–H and O–H groups in total. The zero-order chi connectivity index (χ0) is 11.6. The molecule has 0 aromatic heterocycles. The minimum absolute atomic E-state index is 0.157. The Kier molecular flexibility index (Phi) is 3.02. The normalized spacial score (nSPS) is 32.1. The maximum absolute atomic E-state index is 6.11. The Hall–Kier alpha value is -1.08. The van der Waals surface area contributed by atoms with E-state index in [1.807, 2.05) is 0 Å². The van der Waals surface area contributed by atoms with Crippen molar-refractivity contribution in [2.75, 3.05) is 6.61 Å². The summed E-state index contributed by atoms with van der Waals surface area (Å²) in [6.45, 7) is 0.950. The first-order valence-corrected chi connectivity index (χ1v) is 6.72. The van der Waals surface area contributed by atoms with Gasteiger partial charge in [0.25, 0.3) is 0 Å². The molecular formula is C16H20O. The predicted molar refractivity (Wildman–Crippen MR) is 69.9 cm³/mol. The molecule has 0 radical (unpaired) electrons. The minimum atomic E-state index is 0.157. The van der Waals surface area contributed by atoms with Gasteiger partial charge in [-0.1, -0.05) is 42.5 Å². The van der Waals surface area contributed by atoms with Gasteiger partial charge in [-0.25, -0.2) is 0 Å². The fraction of sp³-hybridized carbons (Fsp3) is 0.500. The molecule has 17 heavy (non-hydrogen) atoms. The van der Waals surface area contributed by atoms with Crippen LogP contribution in [0.4, 0.5) is 0 Å². The number of hydrogen-bond acceptors (Lipinski definition) is 1. The van der Waals surface area contributed by atoms with Gasteiger partial charge in [-0.3, -0.25) is 0 Å². The highest BCUT2D eigenvalue weighted by Crippen LogP contribution is 2.42. The van der Waals surface area contributed by atoms with Crippen LogP contribution in [0.5, 0.6) is 0 Å². The first kappa shape index (κ1) is 11.0. The lowest BCUT2D eigenvalue weighted by molar-refractivity contribution is -0.0284. The van der Waals surface area contributed by atoms with E-state index < -0.39 is 0 Å². The third kappa shape index (κ3) is 2.16. The van der Waals surface area contributed by atoms with Gasteiger partial charge in [0.05, 0.1) is 5.60 Å². The molecule has 0 saturated carbocycles. The van der Waals surface area contributed by atoms with Crippen molar-refractivity contribution in [3.63, 3.8) is 0 Å². The highest BCUT2D eigenvalue weighted by Gasteiger charge is 2.43. The SMILES string of the molecule is C1=CCC2(CC1)OCCC2Cc1ccccc1. The first-order valence-electron chi connectivity index (χ1n) is 6.72. The fourth-order valence-electron chi connectivity index (χ4n) is 3.30. The maximum Gasteiger partial charge on any atom is 0.0751 e. The average molecular weight is 228 g/mol. The molecule has 1 spiro atoms. The topological polar surface area (TPSA) is 9.23 Å². The third-order valence-electron chi connectivity index (χ3n) is 4.29. The summed E-state index contributed by atoms with van der Waals surface area (Å²) in [5.41, 5.74) is 1.61. The molecule has 3 rings (SSSR count). The van der Waals surface area contributed by atoms with Gasteiger partial charge < -0.3 is 4.74 Å². The average Bonchev–Trinajstić information content (AvgIpc) is 2.74. The third-order valence-corrected chi connectivity index (χ3v) is 4.29. The monoisotopic (exact) mass is 228 g/mol. The summed E-state index contributed by atoms with van der Waals surface area (Å²) in [5, 5.41) is 0. The molecule has 2 unspecified atom stereocenters. The van der Waals surface area contributed by atoms with Crippen molar-refractivity contribution < 1.29 is 4.74 Å². The first-order chi connectivity index (χ1) is 8.39. The standard InChI is InChI=1S/C16H20O/c1-3-7-14(8-4-1)13-15-9-12-17-16(15)10-5-2-6-11-16/h1-5,7-8,15H,6,9-13H2. The highest BCUT2D eigenvalue weighted by molar-refractivity contribution is 5.17. The summed E-state index contributed by atoms with van der Waals surface area (Å²) in [6, 6.07) is 10.8. The maximum atomic E-state index is 6.11. The lowest BCUT2D eigenvalue weighted by Crippen LogP contribution is -2.37. The summed E-state index contributed by atoms with van der Waals surface area (Å²) in [6.07, 6.45) is 10.5. The van der Waals surface area contributed by atoms with Gasteiger partial charge in [-0.15, -0.1) is 0 Å². The van der Waals surface area contributed by atoms with E-state index >= 15 is 0 Å². The molecule has 1 saturated heterocycles. The molecule has 1 heteroatoms. The van der Waals surface area contributed by atoms with E-state index in [0.29, 0.717) is 5.92 Å². The van der Waals surface area contributed by atoms with Crippen LogP contribution in [0.1, 0.15) is 31.2 Å². The summed E-state index contributed by atoms with van der Waals surface area (Å²) in [5.74, 6) is 0.704. The van der Waals surface area contributed by atoms with Gasteiger partial charge in [0, 0.05) is 6.61 Å². The number of allylic oxidation sites excluding steroid dienone is 1. The van der Waals surface area contributed by atoms with Crippen LogP contribution < -0.4 is 0 Å². The van der Waals surface area contributed by atoms with Crippen LogP contribution in [-0.2, 0) is 11.2 Å². The second-order valence-corrected chi connectivity index (χ2v) is 5.30. The van der Waals surface area contributed by atoms with Gasteiger partial charge in [0.2, 0.25) is 0 Å². The van der Waals surface area contributed by atoms with Crippen LogP contribution >= 0.6 is 0 Å². The van der Waals surface area contributed by atoms with Gasteiger partial charge in [0.1, 0.15) is 0 Å². The predicted octanol–water partition coefficient (Wildman–Crippen LogP) is 3.74. The smallest absolute Gasteiger partial charge is 0.0751 e. The number of benzene rings is 1. The second-order valence-electron chi connectivity index (χ2n) is 5.30. The van der Waals surface area contributed by atoms with Gasteiger partial charge in [-0.2, -0.15) is 0 Å². The molecule has 1 fully saturated rings. The van der Waals surface area contributed by atoms with Gasteiger partial charge in [0.15, 0.2) is 0 Å². The Morgan fingerprint density at radius 1 is 1.18 bits per heavy atom. The van der Waals surface area contributed by atoms with Crippen LogP contribution in [-0.4, -0.2) is 12.2 Å². The van der Waals surface area contributed by atoms with Crippen molar-refractivity contribution in [2.24, 2.45) is 5.92 Å². The molecule has 1 aromatic rings. The number of rotatable bonds is 2. The van der Waals surface area contributed by atoms with Crippen LogP contribution in [0.15, 0.2) is 42.5 Å². The summed E-state index contributed by atoms with van der Waals surface area (Å²) < 4.78 is 6.11. The summed E-state index contributed by atoms with van der Waals surface area (Å²) >= 11 is 0. The van der Waals surface area contributed by atoms with E-state index in [4.69, 9.17) is 4.74 Å². The van der Waals surface area contributed by atoms with E-state index in [9.17, 15) is 0 Å². The lowest BCUT2D eigenvalue weighted by atomic mass is 9.76. The number of hydrogen-bond donors (Lipinski definition) is 0. The quantitative estimate of drug-likeness (QED) is 0.701. The van der Waals surface area contributed by atoms with Gasteiger partial charge in [-0.05, 0) is 43.6 Å². The highest BCUT2D eigenvalue weighted by atomic mass is 16.5. The lowest BCUT2D eigenvalue weighted by Gasteiger charge is -2.35. The van der Waals surface area contributed by atoms with E-state index in [1.165, 1.54) is 31.2 Å². The molecule has 1 aliphatic heterocycles. The molecule has 2 aliphatic rings. The molecule has 1 aromatic carbocycles.